The molecule has 0 unspecified atom stereocenters. The van der Waals surface area contributed by atoms with Crippen LogP contribution >= 0.6 is 11.6 Å². The first-order valence-electron chi connectivity index (χ1n) is 12.0. The fraction of sp³-hybridized carbons (Fsp3) is 0.172. The topological polar surface area (TPSA) is 109 Å². The molecule has 0 saturated carbocycles. The number of rotatable bonds is 10. The highest BCUT2D eigenvalue weighted by Crippen LogP contribution is 2.26. The fourth-order valence-electron chi connectivity index (χ4n) is 3.82. The lowest BCUT2D eigenvalue weighted by Crippen LogP contribution is -2.26. The zero-order valence-corrected chi connectivity index (χ0v) is 21.7. The van der Waals surface area contributed by atoms with Gasteiger partial charge in [0.2, 0.25) is 5.78 Å². The van der Waals surface area contributed by atoms with Gasteiger partial charge in [-0.3, -0.25) is 9.59 Å². The van der Waals surface area contributed by atoms with Crippen molar-refractivity contribution < 1.29 is 14.3 Å². The summed E-state index contributed by atoms with van der Waals surface area (Å²) in [5.41, 5.74) is 2.81. The van der Waals surface area contributed by atoms with Crippen molar-refractivity contribution in [1.82, 2.24) is 15.1 Å². The third kappa shape index (κ3) is 6.02. The molecule has 0 aliphatic heterocycles. The van der Waals surface area contributed by atoms with Crippen LogP contribution in [0.5, 0.6) is 5.75 Å². The molecule has 8 nitrogen and oxygen atoms in total. The first-order chi connectivity index (χ1) is 18.4. The highest BCUT2D eigenvalue weighted by Gasteiger charge is 2.25. The lowest BCUT2D eigenvalue weighted by Gasteiger charge is -2.11. The Morgan fingerprint density at radius 2 is 1.76 bits per heavy atom. The first-order valence-corrected chi connectivity index (χ1v) is 12.4. The minimum absolute atomic E-state index is 0.0557. The van der Waals surface area contributed by atoms with Crippen LogP contribution in [0.25, 0.3) is 5.69 Å². The van der Waals surface area contributed by atoms with Crippen LogP contribution < -0.4 is 15.4 Å². The van der Waals surface area contributed by atoms with Gasteiger partial charge < -0.3 is 15.4 Å². The quantitative estimate of drug-likeness (QED) is 0.217. The van der Waals surface area contributed by atoms with Crippen molar-refractivity contribution in [2.24, 2.45) is 0 Å². The second-order valence-electron chi connectivity index (χ2n) is 8.54. The minimum Gasteiger partial charge on any atom is -0.497 e. The van der Waals surface area contributed by atoms with Gasteiger partial charge in [0.25, 0.3) is 5.91 Å². The van der Waals surface area contributed by atoms with Gasteiger partial charge in [-0.2, -0.15) is 10.4 Å². The number of nitrogens with one attached hydrogen (secondary N) is 2. The maximum absolute atomic E-state index is 13.3. The van der Waals surface area contributed by atoms with E-state index in [2.05, 4.69) is 21.8 Å². The number of aromatic nitrogens is 2. The summed E-state index contributed by atoms with van der Waals surface area (Å²) in [4.78, 5) is 25.7. The van der Waals surface area contributed by atoms with E-state index in [9.17, 15) is 14.9 Å². The molecule has 38 heavy (non-hydrogen) atoms. The van der Waals surface area contributed by atoms with Crippen LogP contribution in [0.1, 0.15) is 44.0 Å². The van der Waals surface area contributed by atoms with Crippen LogP contribution in [0.3, 0.4) is 0 Å². The number of carbonyl (C=O) groups is 2. The van der Waals surface area contributed by atoms with Crippen LogP contribution in [0.2, 0.25) is 5.02 Å². The molecular formula is C29H26ClN5O3. The molecule has 4 aromatic rings. The monoisotopic (exact) mass is 527 g/mol. The van der Waals surface area contributed by atoms with E-state index >= 15 is 0 Å². The number of amides is 1. The van der Waals surface area contributed by atoms with Gasteiger partial charge in [-0.1, -0.05) is 47.5 Å². The van der Waals surface area contributed by atoms with Crippen molar-refractivity contribution >= 4 is 29.1 Å². The summed E-state index contributed by atoms with van der Waals surface area (Å²) in [6.07, 6.45) is 0.563. The molecule has 0 saturated heterocycles. The molecule has 4 rings (SSSR count). The van der Waals surface area contributed by atoms with Crippen LogP contribution in [0.4, 0.5) is 5.82 Å². The average molecular weight is 528 g/mol. The van der Waals surface area contributed by atoms with Gasteiger partial charge in [-0.15, -0.1) is 0 Å². The predicted octanol–water partition coefficient (Wildman–Crippen LogP) is 5.18. The summed E-state index contributed by atoms with van der Waals surface area (Å²) in [5, 5.41) is 21.2. The van der Waals surface area contributed by atoms with Crippen LogP contribution in [0, 0.1) is 18.3 Å². The Morgan fingerprint density at radius 1 is 1.03 bits per heavy atom. The normalized spacial score (nSPS) is 10.5. The summed E-state index contributed by atoms with van der Waals surface area (Å²) < 4.78 is 6.70. The predicted molar refractivity (Wildman–Crippen MR) is 146 cm³/mol. The number of ether oxygens (including phenoxy) is 1. The lowest BCUT2D eigenvalue weighted by atomic mass is 10.0. The Labute approximate surface area is 225 Å². The van der Waals surface area contributed by atoms with Gasteiger partial charge in [-0.05, 0) is 55.8 Å². The van der Waals surface area contributed by atoms with E-state index in [0.29, 0.717) is 52.9 Å². The van der Waals surface area contributed by atoms with Crippen LogP contribution in [0.15, 0.2) is 72.8 Å². The average Bonchev–Trinajstić information content (AvgIpc) is 3.31. The molecule has 0 aliphatic carbocycles. The first kappa shape index (κ1) is 26.5. The van der Waals surface area contributed by atoms with Crippen LogP contribution in [-0.4, -0.2) is 41.7 Å². The maximum Gasteiger partial charge on any atom is 0.251 e. The van der Waals surface area contributed by atoms with E-state index in [-0.39, 0.29) is 22.9 Å². The van der Waals surface area contributed by atoms with Gasteiger partial charge in [-0.25, -0.2) is 4.68 Å². The zero-order chi connectivity index (χ0) is 27.1. The number of halogens is 1. The molecule has 3 aromatic carbocycles. The van der Waals surface area contributed by atoms with Crippen molar-refractivity contribution in [3.05, 3.63) is 106 Å². The Hall–Kier alpha value is -4.61. The van der Waals surface area contributed by atoms with E-state index < -0.39 is 0 Å². The van der Waals surface area contributed by atoms with Gasteiger partial charge in [0.05, 0.1) is 12.8 Å². The second-order valence-corrected chi connectivity index (χ2v) is 8.97. The molecule has 1 amide bonds. The molecule has 2 N–H and O–H groups in total. The van der Waals surface area contributed by atoms with E-state index in [4.69, 9.17) is 16.3 Å². The number of ketones is 1. The highest BCUT2D eigenvalue weighted by atomic mass is 35.5. The maximum atomic E-state index is 13.3. The Bertz CT molecular complexity index is 1490. The summed E-state index contributed by atoms with van der Waals surface area (Å²) in [6.45, 7) is 2.76. The zero-order valence-electron chi connectivity index (χ0n) is 21.0. The fourth-order valence-corrected chi connectivity index (χ4v) is 3.95. The number of nitriles is 1. The molecule has 192 valence electrons. The summed E-state index contributed by atoms with van der Waals surface area (Å²) >= 11 is 6.06. The number of aryl methyl sites for hydroxylation is 1. The second kappa shape index (κ2) is 12.1. The van der Waals surface area contributed by atoms with Crippen molar-refractivity contribution in [2.45, 2.75) is 13.3 Å². The van der Waals surface area contributed by atoms with Gasteiger partial charge >= 0.3 is 0 Å². The van der Waals surface area contributed by atoms with Gasteiger partial charge in [0.15, 0.2) is 5.69 Å². The molecule has 9 heteroatoms. The largest absolute Gasteiger partial charge is 0.497 e. The molecule has 0 fully saturated rings. The molecule has 0 bridgehead atoms. The van der Waals surface area contributed by atoms with E-state index in [0.717, 1.165) is 5.56 Å². The van der Waals surface area contributed by atoms with E-state index in [1.807, 2.05) is 19.1 Å². The van der Waals surface area contributed by atoms with Crippen molar-refractivity contribution in [3.8, 4) is 17.5 Å². The van der Waals surface area contributed by atoms with Crippen molar-refractivity contribution in [1.29, 1.82) is 5.26 Å². The molecule has 0 aliphatic rings. The smallest absolute Gasteiger partial charge is 0.251 e. The summed E-state index contributed by atoms with van der Waals surface area (Å²) in [7, 11) is 1.55. The molecular weight excluding hydrogens is 502 g/mol. The highest BCUT2D eigenvalue weighted by molar-refractivity contribution is 6.30. The SMILES string of the molecule is COc1cccc(C(=O)NCCCNc2c(C#N)c(C(=O)c3ccc(C)cc3)nn2-c2ccc(Cl)cc2)c1. The molecule has 1 aromatic heterocycles. The molecule has 0 radical (unpaired) electrons. The third-order valence-corrected chi connectivity index (χ3v) is 6.11. The van der Waals surface area contributed by atoms with Crippen molar-refractivity contribution in [3.63, 3.8) is 0 Å². The number of methoxy groups -OCH3 is 1. The molecule has 0 atom stereocenters. The molecule has 1 heterocycles. The standard InChI is InChI=1S/C29H26ClN5O3/c1-19-7-9-20(10-8-19)27(36)26-25(18-31)28(35(34-26)23-13-11-22(30)12-14-23)32-15-4-16-33-29(37)21-5-3-6-24(17-21)38-2/h3,5-14,17,32H,4,15-16H2,1-2H3,(H,33,37). The minimum atomic E-state index is -0.345. The molecule has 0 spiro atoms. The number of hydrogen-bond acceptors (Lipinski definition) is 6. The van der Waals surface area contributed by atoms with E-state index in [1.165, 1.54) is 4.68 Å². The van der Waals surface area contributed by atoms with E-state index in [1.54, 1.807) is 67.8 Å². The Kier molecular flexibility index (Phi) is 8.41. The number of carbonyl (C=O) groups excluding carboxylic acids is 2. The van der Waals surface area contributed by atoms with Gasteiger partial charge in [0.1, 0.15) is 23.2 Å². The number of anilines is 1. The number of nitrogens with zero attached hydrogens (tertiary/aromatic N) is 3. The number of benzene rings is 3. The number of hydrogen-bond donors (Lipinski definition) is 2. The Morgan fingerprint density at radius 3 is 2.45 bits per heavy atom. The summed E-state index contributed by atoms with van der Waals surface area (Å²) in [5.74, 6) is 0.445. The van der Waals surface area contributed by atoms with Crippen LogP contribution in [-0.2, 0) is 0 Å². The lowest BCUT2D eigenvalue weighted by molar-refractivity contribution is 0.0952. The third-order valence-electron chi connectivity index (χ3n) is 5.86. The van der Waals surface area contributed by atoms with Crippen molar-refractivity contribution in [2.75, 3.05) is 25.5 Å². The Balaban J connectivity index is 1.52. The van der Waals surface area contributed by atoms with Gasteiger partial charge in [0, 0.05) is 29.2 Å². The summed E-state index contributed by atoms with van der Waals surface area (Å²) in [6, 6.07) is 23.1.